The van der Waals surface area contributed by atoms with Gasteiger partial charge in [-0.05, 0) is 31.9 Å². The van der Waals surface area contributed by atoms with Crippen molar-refractivity contribution in [2.24, 2.45) is 0 Å². The van der Waals surface area contributed by atoms with E-state index >= 15 is 0 Å². The maximum Gasteiger partial charge on any atom is 0.239 e. The van der Waals surface area contributed by atoms with E-state index in [1.807, 2.05) is 25.1 Å². The SMILES string of the molecule is Cc1cccc(CCNC(=O)CN2CCCCCC2=O)n1. The molecule has 0 atom stereocenters. The van der Waals surface area contributed by atoms with Gasteiger partial charge in [0.05, 0.1) is 6.54 Å². The fourth-order valence-electron chi connectivity index (χ4n) is 2.50. The summed E-state index contributed by atoms with van der Waals surface area (Å²) >= 11 is 0. The van der Waals surface area contributed by atoms with Crippen molar-refractivity contribution in [3.05, 3.63) is 29.6 Å². The lowest BCUT2D eigenvalue weighted by atomic mass is 10.2. The van der Waals surface area contributed by atoms with Gasteiger partial charge in [0.25, 0.3) is 0 Å². The number of aryl methyl sites for hydroxylation is 1. The summed E-state index contributed by atoms with van der Waals surface area (Å²) in [6, 6.07) is 5.87. The summed E-state index contributed by atoms with van der Waals surface area (Å²) in [6.07, 6.45) is 4.28. The van der Waals surface area contributed by atoms with E-state index in [4.69, 9.17) is 0 Å². The molecule has 1 aromatic rings. The number of carbonyl (C=O) groups excluding carboxylic acids is 2. The largest absolute Gasteiger partial charge is 0.354 e. The number of rotatable bonds is 5. The Morgan fingerprint density at radius 1 is 1.33 bits per heavy atom. The summed E-state index contributed by atoms with van der Waals surface area (Å²) in [5.74, 6) is 0.0147. The minimum atomic E-state index is -0.0853. The lowest BCUT2D eigenvalue weighted by Gasteiger charge is -2.19. The molecule has 1 aromatic heterocycles. The zero-order valence-electron chi connectivity index (χ0n) is 12.6. The third-order valence-corrected chi connectivity index (χ3v) is 3.66. The average molecular weight is 289 g/mol. The third-order valence-electron chi connectivity index (χ3n) is 3.66. The van der Waals surface area contributed by atoms with Gasteiger partial charge in [-0.15, -0.1) is 0 Å². The standard InChI is InChI=1S/C16H23N3O2/c1-13-6-5-7-14(18-13)9-10-17-15(20)12-19-11-4-2-3-8-16(19)21/h5-7H,2-4,8-12H2,1H3,(H,17,20). The van der Waals surface area contributed by atoms with Gasteiger partial charge in [-0.2, -0.15) is 0 Å². The minimum absolute atomic E-state index is 0.0853. The highest BCUT2D eigenvalue weighted by atomic mass is 16.2. The quantitative estimate of drug-likeness (QED) is 0.892. The number of pyridine rings is 1. The number of nitrogens with zero attached hydrogens (tertiary/aromatic N) is 2. The highest BCUT2D eigenvalue weighted by molar-refractivity contribution is 5.84. The van der Waals surface area contributed by atoms with Gasteiger partial charge in [0.2, 0.25) is 11.8 Å². The Hall–Kier alpha value is -1.91. The molecule has 0 spiro atoms. The van der Waals surface area contributed by atoms with Crippen LogP contribution in [-0.2, 0) is 16.0 Å². The minimum Gasteiger partial charge on any atom is -0.354 e. The van der Waals surface area contributed by atoms with E-state index < -0.39 is 0 Å². The molecule has 1 aliphatic heterocycles. The molecule has 0 aromatic carbocycles. The monoisotopic (exact) mass is 289 g/mol. The van der Waals surface area contributed by atoms with Crippen molar-refractivity contribution in [2.75, 3.05) is 19.6 Å². The predicted octanol–water partition coefficient (Wildman–Crippen LogP) is 1.45. The number of hydrogen-bond acceptors (Lipinski definition) is 3. The van der Waals surface area contributed by atoms with E-state index in [9.17, 15) is 9.59 Å². The first-order valence-electron chi connectivity index (χ1n) is 7.62. The van der Waals surface area contributed by atoms with Gasteiger partial charge in [-0.3, -0.25) is 14.6 Å². The molecule has 2 rings (SSSR count). The smallest absolute Gasteiger partial charge is 0.239 e. The fourth-order valence-corrected chi connectivity index (χ4v) is 2.50. The number of hydrogen-bond donors (Lipinski definition) is 1. The topological polar surface area (TPSA) is 62.3 Å². The fraction of sp³-hybridized carbons (Fsp3) is 0.562. The van der Waals surface area contributed by atoms with Crippen molar-refractivity contribution in [1.82, 2.24) is 15.2 Å². The molecular weight excluding hydrogens is 266 g/mol. The lowest BCUT2D eigenvalue weighted by molar-refractivity contribution is -0.135. The maximum absolute atomic E-state index is 11.9. The molecule has 1 N–H and O–H groups in total. The number of amides is 2. The van der Waals surface area contributed by atoms with Crippen LogP contribution < -0.4 is 5.32 Å². The van der Waals surface area contributed by atoms with Crippen LogP contribution >= 0.6 is 0 Å². The first-order valence-corrected chi connectivity index (χ1v) is 7.62. The van der Waals surface area contributed by atoms with Crippen molar-refractivity contribution in [3.8, 4) is 0 Å². The first kappa shape index (κ1) is 15.5. The summed E-state index contributed by atoms with van der Waals surface area (Å²) < 4.78 is 0. The average Bonchev–Trinajstić information content (AvgIpc) is 2.64. The number of aromatic nitrogens is 1. The van der Waals surface area contributed by atoms with E-state index in [-0.39, 0.29) is 18.4 Å². The molecule has 0 radical (unpaired) electrons. The Balaban J connectivity index is 1.73. The van der Waals surface area contributed by atoms with Crippen molar-refractivity contribution in [2.45, 2.75) is 39.0 Å². The van der Waals surface area contributed by atoms with Crippen LogP contribution in [0, 0.1) is 6.92 Å². The van der Waals surface area contributed by atoms with Gasteiger partial charge in [0.15, 0.2) is 0 Å². The molecule has 114 valence electrons. The molecule has 21 heavy (non-hydrogen) atoms. The van der Waals surface area contributed by atoms with Crippen molar-refractivity contribution < 1.29 is 9.59 Å². The molecule has 0 bridgehead atoms. The van der Waals surface area contributed by atoms with Gasteiger partial charge in [0.1, 0.15) is 0 Å². The molecule has 5 heteroatoms. The zero-order valence-corrected chi connectivity index (χ0v) is 12.6. The van der Waals surface area contributed by atoms with E-state index in [0.717, 1.165) is 30.7 Å². The lowest BCUT2D eigenvalue weighted by Crippen LogP contribution is -2.41. The summed E-state index contributed by atoms with van der Waals surface area (Å²) in [5.41, 5.74) is 1.95. The van der Waals surface area contributed by atoms with Crippen LogP contribution in [0.5, 0.6) is 0 Å². The Morgan fingerprint density at radius 3 is 3.00 bits per heavy atom. The van der Waals surface area contributed by atoms with Gasteiger partial charge in [0, 0.05) is 37.3 Å². The number of nitrogens with one attached hydrogen (secondary N) is 1. The summed E-state index contributed by atoms with van der Waals surface area (Å²) in [7, 11) is 0. The molecule has 2 amide bonds. The van der Waals surface area contributed by atoms with Crippen LogP contribution in [0.4, 0.5) is 0 Å². The molecule has 1 fully saturated rings. The van der Waals surface area contributed by atoms with Gasteiger partial charge >= 0.3 is 0 Å². The van der Waals surface area contributed by atoms with Crippen molar-refractivity contribution >= 4 is 11.8 Å². The third kappa shape index (κ3) is 5.17. The van der Waals surface area contributed by atoms with E-state index in [2.05, 4.69) is 10.3 Å². The van der Waals surface area contributed by atoms with Crippen LogP contribution in [0.3, 0.4) is 0 Å². The van der Waals surface area contributed by atoms with Gasteiger partial charge < -0.3 is 10.2 Å². The highest BCUT2D eigenvalue weighted by Crippen LogP contribution is 2.10. The van der Waals surface area contributed by atoms with Crippen molar-refractivity contribution in [3.63, 3.8) is 0 Å². The Labute approximate surface area is 125 Å². The second kappa shape index (κ2) is 7.76. The molecule has 0 saturated carbocycles. The van der Waals surface area contributed by atoms with Crippen LogP contribution in [0.15, 0.2) is 18.2 Å². The molecule has 0 aliphatic carbocycles. The summed E-state index contributed by atoms with van der Waals surface area (Å²) in [5, 5.41) is 2.87. The number of likely N-dealkylation sites (tertiary alicyclic amines) is 1. The van der Waals surface area contributed by atoms with Gasteiger partial charge in [-0.1, -0.05) is 12.5 Å². The van der Waals surface area contributed by atoms with E-state index in [0.29, 0.717) is 25.9 Å². The normalized spacial score (nSPS) is 15.7. The number of carbonyl (C=O) groups is 2. The molecular formula is C16H23N3O2. The van der Waals surface area contributed by atoms with E-state index in [1.54, 1.807) is 4.90 Å². The second-order valence-electron chi connectivity index (χ2n) is 5.50. The second-order valence-corrected chi connectivity index (χ2v) is 5.50. The van der Waals surface area contributed by atoms with Gasteiger partial charge in [-0.25, -0.2) is 0 Å². The zero-order chi connectivity index (χ0) is 15.1. The Morgan fingerprint density at radius 2 is 2.19 bits per heavy atom. The van der Waals surface area contributed by atoms with Crippen LogP contribution in [0.2, 0.25) is 0 Å². The molecule has 5 nitrogen and oxygen atoms in total. The maximum atomic E-state index is 11.9. The van der Waals surface area contributed by atoms with E-state index in [1.165, 1.54) is 0 Å². The van der Waals surface area contributed by atoms with Crippen LogP contribution in [0.25, 0.3) is 0 Å². The summed E-state index contributed by atoms with van der Waals surface area (Å²) in [4.78, 5) is 29.8. The Bertz CT molecular complexity index is 502. The first-order chi connectivity index (χ1) is 10.1. The van der Waals surface area contributed by atoms with Crippen LogP contribution in [-0.4, -0.2) is 41.3 Å². The molecule has 1 saturated heterocycles. The predicted molar refractivity (Wildman–Crippen MR) is 80.7 cm³/mol. The molecule has 1 aliphatic rings. The highest BCUT2D eigenvalue weighted by Gasteiger charge is 2.18. The molecule has 0 unspecified atom stereocenters. The van der Waals surface area contributed by atoms with Crippen LogP contribution in [0.1, 0.15) is 37.1 Å². The summed E-state index contributed by atoms with van der Waals surface area (Å²) in [6.45, 7) is 3.39. The Kier molecular flexibility index (Phi) is 5.72. The molecule has 2 heterocycles. The van der Waals surface area contributed by atoms with Crippen molar-refractivity contribution in [1.29, 1.82) is 0 Å².